The molecule has 7 heteroatoms. The lowest BCUT2D eigenvalue weighted by Crippen LogP contribution is -2.42. The Morgan fingerprint density at radius 1 is 1.12 bits per heavy atom. The SMILES string of the molecule is COC(=O)COc1ccc(C(=NCc2ccccc2)NNN)cc1. The summed E-state index contributed by atoms with van der Waals surface area (Å²) in [5.74, 6) is 6.07. The van der Waals surface area contributed by atoms with Crippen LogP contribution in [0.1, 0.15) is 11.1 Å². The van der Waals surface area contributed by atoms with Gasteiger partial charge in [0.2, 0.25) is 0 Å². The number of carbonyl (C=O) groups excluding carboxylic acids is 1. The molecule has 0 saturated carbocycles. The van der Waals surface area contributed by atoms with Crippen LogP contribution in [0.15, 0.2) is 59.6 Å². The van der Waals surface area contributed by atoms with E-state index in [1.807, 2.05) is 42.5 Å². The van der Waals surface area contributed by atoms with E-state index < -0.39 is 5.97 Å². The fraction of sp³-hybridized carbons (Fsp3) is 0.176. The molecule has 0 unspecified atom stereocenters. The summed E-state index contributed by atoms with van der Waals surface area (Å²) in [5.41, 5.74) is 7.12. The van der Waals surface area contributed by atoms with Crippen molar-refractivity contribution in [2.75, 3.05) is 13.7 Å². The zero-order valence-electron chi connectivity index (χ0n) is 13.4. The first-order chi connectivity index (χ1) is 11.7. The number of hydrogen-bond donors (Lipinski definition) is 3. The number of hydrazine groups is 2. The van der Waals surface area contributed by atoms with Gasteiger partial charge in [0.15, 0.2) is 6.61 Å². The fourth-order valence-electron chi connectivity index (χ4n) is 1.94. The lowest BCUT2D eigenvalue weighted by Gasteiger charge is -2.10. The molecule has 0 heterocycles. The Balaban J connectivity index is 2.05. The van der Waals surface area contributed by atoms with Crippen LogP contribution >= 0.6 is 0 Å². The molecule has 0 bridgehead atoms. The lowest BCUT2D eigenvalue weighted by molar-refractivity contribution is -0.142. The molecule has 0 aliphatic heterocycles. The molecule has 0 aliphatic carbocycles. The molecule has 126 valence electrons. The van der Waals surface area contributed by atoms with Crippen LogP contribution in [0.2, 0.25) is 0 Å². The maximum Gasteiger partial charge on any atom is 0.343 e. The topological polar surface area (TPSA) is 98.0 Å². The van der Waals surface area contributed by atoms with Gasteiger partial charge in [0, 0.05) is 5.56 Å². The Morgan fingerprint density at radius 2 is 1.83 bits per heavy atom. The normalized spacial score (nSPS) is 11.0. The van der Waals surface area contributed by atoms with Crippen molar-refractivity contribution in [1.82, 2.24) is 11.0 Å². The number of nitrogens with one attached hydrogen (secondary N) is 2. The van der Waals surface area contributed by atoms with Crippen LogP contribution in [0, 0.1) is 0 Å². The van der Waals surface area contributed by atoms with Gasteiger partial charge < -0.3 is 9.47 Å². The van der Waals surface area contributed by atoms with Gasteiger partial charge in [-0.1, -0.05) is 30.3 Å². The number of benzene rings is 2. The third kappa shape index (κ3) is 5.38. The molecule has 0 amide bonds. The quantitative estimate of drug-likeness (QED) is 0.232. The van der Waals surface area contributed by atoms with E-state index in [0.717, 1.165) is 11.1 Å². The van der Waals surface area contributed by atoms with Gasteiger partial charge >= 0.3 is 5.97 Å². The number of methoxy groups -OCH3 is 1. The highest BCUT2D eigenvalue weighted by Gasteiger charge is 2.05. The molecule has 0 atom stereocenters. The zero-order chi connectivity index (χ0) is 17.2. The average Bonchev–Trinajstić information content (AvgIpc) is 2.64. The largest absolute Gasteiger partial charge is 0.482 e. The van der Waals surface area contributed by atoms with Crippen molar-refractivity contribution < 1.29 is 14.3 Å². The minimum atomic E-state index is -0.432. The number of nitrogens with zero attached hydrogens (tertiary/aromatic N) is 1. The van der Waals surface area contributed by atoms with Crippen LogP contribution in [0.4, 0.5) is 0 Å². The van der Waals surface area contributed by atoms with Gasteiger partial charge in [-0.15, -0.1) is 0 Å². The Hall–Kier alpha value is -2.90. The summed E-state index contributed by atoms with van der Waals surface area (Å²) in [4.78, 5) is 15.6. The molecule has 0 spiro atoms. The number of aliphatic imine (C=N–C) groups is 1. The summed E-state index contributed by atoms with van der Waals surface area (Å²) in [6, 6.07) is 17.0. The van der Waals surface area contributed by atoms with Crippen molar-refractivity contribution in [1.29, 1.82) is 0 Å². The van der Waals surface area contributed by atoms with Crippen molar-refractivity contribution in [2.24, 2.45) is 10.8 Å². The number of amidine groups is 1. The van der Waals surface area contributed by atoms with Crippen molar-refractivity contribution >= 4 is 11.8 Å². The van der Waals surface area contributed by atoms with Crippen molar-refractivity contribution in [3.05, 3.63) is 65.7 Å². The van der Waals surface area contributed by atoms with E-state index in [-0.39, 0.29) is 6.61 Å². The Kier molecular flexibility index (Phi) is 6.75. The van der Waals surface area contributed by atoms with E-state index >= 15 is 0 Å². The van der Waals surface area contributed by atoms with Gasteiger partial charge in [-0.3, -0.25) is 16.3 Å². The number of ether oxygens (including phenoxy) is 2. The second-order valence-electron chi connectivity index (χ2n) is 4.81. The summed E-state index contributed by atoms with van der Waals surface area (Å²) >= 11 is 0. The maximum atomic E-state index is 11.1. The van der Waals surface area contributed by atoms with Crippen LogP contribution in [0.5, 0.6) is 5.75 Å². The molecule has 2 aromatic carbocycles. The number of rotatable bonds is 7. The second kappa shape index (κ2) is 9.29. The summed E-state index contributed by atoms with van der Waals surface area (Å²) in [6.07, 6.45) is 0. The molecule has 2 aromatic rings. The Bertz CT molecular complexity index is 672. The molecule has 24 heavy (non-hydrogen) atoms. The lowest BCUT2D eigenvalue weighted by atomic mass is 10.2. The van der Waals surface area contributed by atoms with Crippen LogP contribution in [-0.2, 0) is 16.1 Å². The van der Waals surface area contributed by atoms with Gasteiger partial charge in [0.25, 0.3) is 0 Å². The van der Waals surface area contributed by atoms with E-state index in [2.05, 4.69) is 20.7 Å². The number of nitrogens with two attached hydrogens (primary N) is 1. The molecule has 0 aliphatic rings. The van der Waals surface area contributed by atoms with E-state index in [0.29, 0.717) is 18.1 Å². The molecule has 2 rings (SSSR count). The van der Waals surface area contributed by atoms with E-state index in [9.17, 15) is 4.79 Å². The fourth-order valence-corrected chi connectivity index (χ4v) is 1.94. The van der Waals surface area contributed by atoms with Crippen molar-refractivity contribution in [3.63, 3.8) is 0 Å². The first kappa shape index (κ1) is 17.5. The van der Waals surface area contributed by atoms with E-state index in [4.69, 9.17) is 10.6 Å². The Labute approximate surface area is 140 Å². The predicted octanol–water partition coefficient (Wildman–Crippen LogP) is 1.15. The molecular weight excluding hydrogens is 308 g/mol. The number of hydrogen-bond acceptors (Lipinski definition) is 6. The molecule has 4 N–H and O–H groups in total. The molecule has 7 nitrogen and oxygen atoms in total. The first-order valence-corrected chi connectivity index (χ1v) is 7.33. The molecular formula is C17H20N4O3. The minimum absolute atomic E-state index is 0.132. The maximum absolute atomic E-state index is 11.1. The van der Waals surface area contributed by atoms with E-state index in [1.165, 1.54) is 7.11 Å². The highest BCUT2D eigenvalue weighted by Crippen LogP contribution is 2.13. The van der Waals surface area contributed by atoms with E-state index in [1.54, 1.807) is 12.1 Å². The van der Waals surface area contributed by atoms with Gasteiger partial charge in [0.05, 0.1) is 13.7 Å². The van der Waals surface area contributed by atoms with Crippen LogP contribution < -0.4 is 21.5 Å². The van der Waals surface area contributed by atoms with Gasteiger partial charge in [-0.25, -0.2) is 4.79 Å². The van der Waals surface area contributed by atoms with Crippen LogP contribution in [0.3, 0.4) is 0 Å². The summed E-state index contributed by atoms with van der Waals surface area (Å²) < 4.78 is 9.83. The van der Waals surface area contributed by atoms with Crippen molar-refractivity contribution in [3.8, 4) is 5.75 Å². The zero-order valence-corrected chi connectivity index (χ0v) is 13.4. The monoisotopic (exact) mass is 328 g/mol. The summed E-state index contributed by atoms with van der Waals surface area (Å²) in [5, 5.41) is 0. The third-order valence-electron chi connectivity index (χ3n) is 3.17. The number of carbonyl (C=O) groups is 1. The van der Waals surface area contributed by atoms with Crippen LogP contribution in [0.25, 0.3) is 0 Å². The predicted molar refractivity (Wildman–Crippen MR) is 91.1 cm³/mol. The van der Waals surface area contributed by atoms with Crippen molar-refractivity contribution in [2.45, 2.75) is 6.54 Å². The molecule has 0 radical (unpaired) electrons. The third-order valence-corrected chi connectivity index (χ3v) is 3.17. The minimum Gasteiger partial charge on any atom is -0.482 e. The molecule has 0 aromatic heterocycles. The standard InChI is InChI=1S/C17H20N4O3/c1-23-16(22)12-24-15-9-7-14(8-10-15)17(20-21-18)19-11-13-5-3-2-4-6-13/h2-10,21H,11-12,18H2,1H3,(H,19,20). The average molecular weight is 328 g/mol. The summed E-state index contributed by atoms with van der Waals surface area (Å²) in [7, 11) is 1.32. The molecule has 0 saturated heterocycles. The smallest absolute Gasteiger partial charge is 0.343 e. The second-order valence-corrected chi connectivity index (χ2v) is 4.81. The summed E-state index contributed by atoms with van der Waals surface area (Å²) in [6.45, 7) is 0.388. The molecule has 0 fully saturated rings. The van der Waals surface area contributed by atoms with Gasteiger partial charge in [0.1, 0.15) is 11.6 Å². The van der Waals surface area contributed by atoms with Gasteiger partial charge in [-0.2, -0.15) is 5.53 Å². The highest BCUT2D eigenvalue weighted by atomic mass is 16.6. The Morgan fingerprint density at radius 3 is 2.46 bits per heavy atom. The van der Waals surface area contributed by atoms with Gasteiger partial charge in [-0.05, 0) is 29.8 Å². The number of esters is 1. The first-order valence-electron chi connectivity index (χ1n) is 7.33. The highest BCUT2D eigenvalue weighted by molar-refractivity contribution is 5.98. The van der Waals surface area contributed by atoms with Crippen LogP contribution in [-0.4, -0.2) is 25.5 Å².